The number of pyridine rings is 2. The zero-order valence-corrected chi connectivity index (χ0v) is 16.8. The van der Waals surface area contributed by atoms with Crippen LogP contribution in [0.25, 0.3) is 22.6 Å². The monoisotopic (exact) mass is 450 g/mol. The normalized spacial score (nSPS) is 15.3. The van der Waals surface area contributed by atoms with E-state index < -0.39 is 29.1 Å². The Bertz CT molecular complexity index is 1170. The number of hydrogen-bond acceptors (Lipinski definition) is 5. The van der Waals surface area contributed by atoms with Crippen molar-refractivity contribution in [2.24, 2.45) is 5.41 Å². The maximum absolute atomic E-state index is 14.6. The molecule has 0 unspecified atom stereocenters. The molecule has 4 rings (SSSR count). The van der Waals surface area contributed by atoms with Crippen LogP contribution in [0, 0.1) is 18.2 Å². The first-order chi connectivity index (χ1) is 15.1. The first-order valence-electron chi connectivity index (χ1n) is 9.70. The van der Waals surface area contributed by atoms with E-state index >= 15 is 0 Å². The number of nitrogens with zero attached hydrogens (tertiary/aromatic N) is 3. The zero-order chi connectivity index (χ0) is 23.1. The van der Waals surface area contributed by atoms with Gasteiger partial charge in [-0.1, -0.05) is 6.42 Å². The number of aliphatic carboxylic acids is 1. The van der Waals surface area contributed by atoms with E-state index in [1.165, 1.54) is 12.4 Å². The van der Waals surface area contributed by atoms with E-state index in [4.69, 9.17) is 4.74 Å². The summed E-state index contributed by atoms with van der Waals surface area (Å²) in [7, 11) is 0. The van der Waals surface area contributed by atoms with E-state index in [9.17, 15) is 27.5 Å². The Kier molecular flexibility index (Phi) is 5.35. The molecule has 1 aliphatic rings. The van der Waals surface area contributed by atoms with Crippen LogP contribution in [-0.4, -0.2) is 37.6 Å². The number of aromatic nitrogens is 4. The second kappa shape index (κ2) is 7.88. The van der Waals surface area contributed by atoms with Crippen LogP contribution in [0.3, 0.4) is 0 Å². The van der Waals surface area contributed by atoms with Crippen molar-refractivity contribution < 1.29 is 32.2 Å². The lowest BCUT2D eigenvalue weighted by atomic mass is 9.69. The standard InChI is InChI=1S/C21H18F4N4O3/c1-11-5-16(32-10-20(19(30)31)3-2-4-20)26-8-13(11)12-6-14(22)17(27-7-12)18-28-9-15(29-18)21(23,24)25/h5-9H,2-4,10H2,1H3,(H,28,29)(H,30,31). The molecular formula is C21H18F4N4O3. The lowest BCUT2D eigenvalue weighted by Gasteiger charge is -2.36. The van der Waals surface area contributed by atoms with Gasteiger partial charge in [-0.25, -0.2) is 19.3 Å². The van der Waals surface area contributed by atoms with E-state index in [1.54, 1.807) is 13.0 Å². The van der Waals surface area contributed by atoms with Crippen LogP contribution in [0.1, 0.15) is 30.5 Å². The summed E-state index contributed by atoms with van der Waals surface area (Å²) in [5.74, 6) is -1.82. The van der Waals surface area contributed by atoms with Gasteiger partial charge in [-0.05, 0) is 31.4 Å². The average molecular weight is 450 g/mol. The molecule has 0 saturated heterocycles. The number of aryl methyl sites for hydroxylation is 1. The van der Waals surface area contributed by atoms with Gasteiger partial charge in [0.05, 0.1) is 6.20 Å². The molecule has 1 fully saturated rings. The van der Waals surface area contributed by atoms with Gasteiger partial charge in [-0.15, -0.1) is 0 Å². The molecule has 0 aliphatic heterocycles. The largest absolute Gasteiger partial charge is 0.481 e. The van der Waals surface area contributed by atoms with Crippen LogP contribution in [0.5, 0.6) is 5.88 Å². The van der Waals surface area contributed by atoms with Crippen molar-refractivity contribution in [3.05, 3.63) is 47.8 Å². The number of carboxylic acid groups (broad SMARTS) is 1. The van der Waals surface area contributed by atoms with Gasteiger partial charge in [0.25, 0.3) is 0 Å². The summed E-state index contributed by atoms with van der Waals surface area (Å²) in [5.41, 5.74) is -0.725. The lowest BCUT2D eigenvalue weighted by Crippen LogP contribution is -2.43. The SMILES string of the molecule is Cc1cc(OCC2(C(=O)O)CCC2)ncc1-c1cnc(-c2ncc(C(F)(F)F)[nH]2)c(F)c1. The first kappa shape index (κ1) is 21.7. The van der Waals surface area contributed by atoms with Crippen molar-refractivity contribution in [3.8, 4) is 28.5 Å². The summed E-state index contributed by atoms with van der Waals surface area (Å²) in [6.45, 7) is 1.76. The maximum Gasteiger partial charge on any atom is 0.432 e. The van der Waals surface area contributed by atoms with Crippen molar-refractivity contribution in [2.75, 3.05) is 6.61 Å². The third-order valence-electron chi connectivity index (χ3n) is 5.60. The molecule has 2 N–H and O–H groups in total. The van der Waals surface area contributed by atoms with Gasteiger partial charge in [0.2, 0.25) is 5.88 Å². The number of carbonyl (C=O) groups is 1. The van der Waals surface area contributed by atoms with Gasteiger partial charge in [-0.3, -0.25) is 4.79 Å². The van der Waals surface area contributed by atoms with E-state index in [1.807, 2.05) is 4.98 Å². The Labute approximate surface area is 179 Å². The van der Waals surface area contributed by atoms with Crippen LogP contribution >= 0.6 is 0 Å². The molecule has 0 atom stereocenters. The van der Waals surface area contributed by atoms with Gasteiger partial charge >= 0.3 is 12.1 Å². The van der Waals surface area contributed by atoms with E-state index in [2.05, 4.69) is 15.0 Å². The molecule has 7 nitrogen and oxygen atoms in total. The number of imidazole rings is 1. The molecule has 11 heteroatoms. The molecule has 3 aromatic heterocycles. The Hall–Kier alpha value is -3.50. The minimum Gasteiger partial charge on any atom is -0.481 e. The molecule has 0 amide bonds. The van der Waals surface area contributed by atoms with Crippen molar-refractivity contribution in [3.63, 3.8) is 0 Å². The summed E-state index contributed by atoms with van der Waals surface area (Å²) in [6.07, 6.45) is 0.654. The number of nitrogens with one attached hydrogen (secondary N) is 1. The highest BCUT2D eigenvalue weighted by Gasteiger charge is 2.45. The molecule has 32 heavy (non-hydrogen) atoms. The number of H-pyrrole nitrogens is 1. The number of halogens is 4. The summed E-state index contributed by atoms with van der Waals surface area (Å²) in [4.78, 5) is 25.1. The molecule has 0 radical (unpaired) electrons. The van der Waals surface area contributed by atoms with Crippen molar-refractivity contribution in [1.29, 1.82) is 0 Å². The number of alkyl halides is 3. The Balaban J connectivity index is 1.53. The summed E-state index contributed by atoms with van der Waals surface area (Å²) in [5, 5.41) is 9.38. The third kappa shape index (κ3) is 4.02. The first-order valence-corrected chi connectivity index (χ1v) is 9.70. The Morgan fingerprint density at radius 1 is 1.19 bits per heavy atom. The van der Waals surface area contributed by atoms with Crippen LogP contribution in [0.15, 0.2) is 30.7 Å². The molecule has 3 aromatic rings. The Morgan fingerprint density at radius 3 is 2.47 bits per heavy atom. The third-order valence-corrected chi connectivity index (χ3v) is 5.60. The average Bonchev–Trinajstić information content (AvgIpc) is 3.17. The van der Waals surface area contributed by atoms with Crippen LogP contribution in [-0.2, 0) is 11.0 Å². The predicted molar refractivity (Wildman–Crippen MR) is 104 cm³/mol. The number of aromatic amines is 1. The van der Waals surface area contributed by atoms with E-state index in [0.717, 1.165) is 12.5 Å². The lowest BCUT2D eigenvalue weighted by molar-refractivity contribution is -0.157. The van der Waals surface area contributed by atoms with Crippen molar-refractivity contribution in [1.82, 2.24) is 19.9 Å². The molecule has 1 aliphatic carbocycles. The smallest absolute Gasteiger partial charge is 0.432 e. The number of carboxylic acids is 1. The van der Waals surface area contributed by atoms with Gasteiger partial charge in [0.1, 0.15) is 23.4 Å². The van der Waals surface area contributed by atoms with Gasteiger partial charge in [0.15, 0.2) is 11.6 Å². The number of rotatable bonds is 6. The number of hydrogen-bond donors (Lipinski definition) is 2. The quantitative estimate of drug-likeness (QED) is 0.531. The van der Waals surface area contributed by atoms with Gasteiger partial charge in [-0.2, -0.15) is 13.2 Å². The van der Waals surface area contributed by atoms with Crippen molar-refractivity contribution >= 4 is 5.97 Å². The van der Waals surface area contributed by atoms with Gasteiger partial charge < -0.3 is 14.8 Å². The fraction of sp³-hybridized carbons (Fsp3) is 0.333. The van der Waals surface area contributed by atoms with Crippen molar-refractivity contribution in [2.45, 2.75) is 32.4 Å². The van der Waals surface area contributed by atoms with Crippen LogP contribution in [0.4, 0.5) is 17.6 Å². The highest BCUT2D eigenvalue weighted by molar-refractivity contribution is 5.76. The second-order valence-electron chi connectivity index (χ2n) is 7.76. The van der Waals surface area contributed by atoms with Crippen LogP contribution in [0.2, 0.25) is 0 Å². The maximum atomic E-state index is 14.6. The molecule has 168 valence electrons. The second-order valence-corrected chi connectivity index (χ2v) is 7.76. The minimum atomic E-state index is -4.63. The number of ether oxygens (including phenoxy) is 1. The highest BCUT2D eigenvalue weighted by atomic mass is 19.4. The fourth-order valence-corrected chi connectivity index (χ4v) is 3.49. The fourth-order valence-electron chi connectivity index (χ4n) is 3.49. The van der Waals surface area contributed by atoms with E-state index in [0.29, 0.717) is 35.7 Å². The van der Waals surface area contributed by atoms with E-state index in [-0.39, 0.29) is 24.0 Å². The zero-order valence-electron chi connectivity index (χ0n) is 16.8. The molecule has 3 heterocycles. The predicted octanol–water partition coefficient (Wildman–Crippen LogP) is 4.63. The summed E-state index contributed by atoms with van der Waals surface area (Å²) in [6, 6.07) is 2.74. The molecule has 0 bridgehead atoms. The highest BCUT2D eigenvalue weighted by Crippen LogP contribution is 2.41. The molecule has 1 saturated carbocycles. The minimum absolute atomic E-state index is 0.0159. The summed E-state index contributed by atoms with van der Waals surface area (Å²) < 4.78 is 58.4. The molecule has 0 spiro atoms. The van der Waals surface area contributed by atoms with Crippen LogP contribution < -0.4 is 4.74 Å². The summed E-state index contributed by atoms with van der Waals surface area (Å²) >= 11 is 0. The molecular weight excluding hydrogens is 432 g/mol. The molecule has 0 aromatic carbocycles. The van der Waals surface area contributed by atoms with Gasteiger partial charge in [0, 0.05) is 29.6 Å². The topological polar surface area (TPSA) is 101 Å². The Morgan fingerprint density at radius 2 is 1.94 bits per heavy atom.